The smallest absolute Gasteiger partial charge is 0.317 e. The first-order valence-corrected chi connectivity index (χ1v) is 12.1. The van der Waals surface area contributed by atoms with Crippen molar-refractivity contribution in [3.63, 3.8) is 0 Å². The molecule has 1 aliphatic heterocycles. The molecule has 1 saturated heterocycles. The summed E-state index contributed by atoms with van der Waals surface area (Å²) in [6.45, 7) is 2.98. The number of ether oxygens (including phenoxy) is 1. The molecule has 1 aliphatic rings. The molecule has 0 aromatic heterocycles. The Morgan fingerprint density at radius 3 is 2.57 bits per heavy atom. The highest BCUT2D eigenvalue weighted by Crippen LogP contribution is 2.26. The standard InChI is InChI=1S/C22H29N3O4S/c1-3-23-22(26)25-14-8-13-20(24-30(2,27)28)21(25)16-17-9-7-12-19(15-17)29-18-10-5-4-6-11-18/h4-7,9-12,15,20-21,24H,3,8,13-14,16H2,1-2H3,(H,23,26)/t20-,21-/m0/s1. The number of carbonyl (C=O) groups excluding carboxylic acids is 1. The summed E-state index contributed by atoms with van der Waals surface area (Å²) in [5.41, 5.74) is 0.977. The lowest BCUT2D eigenvalue weighted by atomic mass is 9.91. The Balaban J connectivity index is 1.83. The van der Waals surface area contributed by atoms with Gasteiger partial charge in [-0.15, -0.1) is 0 Å². The molecule has 2 aromatic rings. The number of sulfonamides is 1. The molecule has 2 N–H and O–H groups in total. The number of rotatable bonds is 7. The number of hydrogen-bond acceptors (Lipinski definition) is 4. The Morgan fingerprint density at radius 2 is 1.87 bits per heavy atom. The summed E-state index contributed by atoms with van der Waals surface area (Å²) in [5.74, 6) is 1.44. The van der Waals surface area contributed by atoms with E-state index in [0.29, 0.717) is 31.7 Å². The average molecular weight is 432 g/mol. The molecular formula is C22H29N3O4S. The molecule has 8 heteroatoms. The number of benzene rings is 2. The number of carbonyl (C=O) groups is 1. The molecule has 30 heavy (non-hydrogen) atoms. The molecule has 3 rings (SSSR count). The maximum absolute atomic E-state index is 12.6. The Hall–Kier alpha value is -2.58. The fourth-order valence-electron chi connectivity index (χ4n) is 3.83. The minimum Gasteiger partial charge on any atom is -0.457 e. The lowest BCUT2D eigenvalue weighted by molar-refractivity contribution is 0.134. The molecule has 1 heterocycles. The van der Waals surface area contributed by atoms with E-state index in [2.05, 4.69) is 10.0 Å². The number of hydrogen-bond donors (Lipinski definition) is 2. The largest absolute Gasteiger partial charge is 0.457 e. The van der Waals surface area contributed by atoms with Gasteiger partial charge in [0, 0.05) is 19.1 Å². The molecule has 0 saturated carbocycles. The predicted molar refractivity (Wildman–Crippen MR) is 117 cm³/mol. The summed E-state index contributed by atoms with van der Waals surface area (Å²) in [6, 6.07) is 16.4. The second kappa shape index (κ2) is 9.95. The monoisotopic (exact) mass is 431 g/mol. The van der Waals surface area contributed by atoms with Gasteiger partial charge in [-0.1, -0.05) is 30.3 Å². The molecule has 0 spiro atoms. The number of piperidine rings is 1. The van der Waals surface area contributed by atoms with Gasteiger partial charge >= 0.3 is 6.03 Å². The molecule has 0 unspecified atom stereocenters. The first-order valence-electron chi connectivity index (χ1n) is 10.2. The quantitative estimate of drug-likeness (QED) is 0.705. The van der Waals surface area contributed by atoms with Gasteiger partial charge in [0.1, 0.15) is 11.5 Å². The van der Waals surface area contributed by atoms with Crippen LogP contribution < -0.4 is 14.8 Å². The number of urea groups is 1. The second-order valence-corrected chi connectivity index (χ2v) is 9.28. The molecule has 0 aliphatic carbocycles. The van der Waals surface area contributed by atoms with E-state index < -0.39 is 10.0 Å². The van der Waals surface area contributed by atoms with Crippen LogP contribution in [-0.4, -0.2) is 50.8 Å². The normalized spacial score (nSPS) is 19.3. The van der Waals surface area contributed by atoms with Crippen LogP contribution in [0.5, 0.6) is 11.5 Å². The van der Waals surface area contributed by atoms with E-state index >= 15 is 0 Å². The Bertz CT molecular complexity index is 950. The third-order valence-corrected chi connectivity index (χ3v) is 5.79. The van der Waals surface area contributed by atoms with Crippen LogP contribution in [0.2, 0.25) is 0 Å². The lowest BCUT2D eigenvalue weighted by Crippen LogP contribution is -2.59. The summed E-state index contributed by atoms with van der Waals surface area (Å²) in [6.07, 6.45) is 3.12. The summed E-state index contributed by atoms with van der Waals surface area (Å²) >= 11 is 0. The zero-order valence-corrected chi connectivity index (χ0v) is 18.2. The molecule has 2 aromatic carbocycles. The van der Waals surface area contributed by atoms with Gasteiger partial charge in [0.2, 0.25) is 10.0 Å². The van der Waals surface area contributed by atoms with Crippen LogP contribution in [0.25, 0.3) is 0 Å². The van der Waals surface area contributed by atoms with E-state index in [1.807, 2.05) is 61.5 Å². The van der Waals surface area contributed by atoms with E-state index in [0.717, 1.165) is 24.0 Å². The van der Waals surface area contributed by atoms with Crippen LogP contribution in [0.1, 0.15) is 25.3 Å². The van der Waals surface area contributed by atoms with E-state index in [1.165, 1.54) is 0 Å². The number of para-hydroxylation sites is 1. The Labute approximate surface area is 178 Å². The number of amides is 2. The van der Waals surface area contributed by atoms with Gasteiger partial charge in [-0.3, -0.25) is 0 Å². The third kappa shape index (κ3) is 6.21. The average Bonchev–Trinajstić information content (AvgIpc) is 2.69. The molecule has 0 radical (unpaired) electrons. The van der Waals surface area contributed by atoms with E-state index in [9.17, 15) is 13.2 Å². The van der Waals surface area contributed by atoms with Crippen molar-refractivity contribution < 1.29 is 17.9 Å². The van der Waals surface area contributed by atoms with Crippen molar-refractivity contribution in [2.75, 3.05) is 19.3 Å². The number of nitrogens with one attached hydrogen (secondary N) is 2. The molecule has 2 amide bonds. The van der Waals surface area contributed by atoms with Gasteiger partial charge in [0.15, 0.2) is 0 Å². The van der Waals surface area contributed by atoms with Crippen molar-refractivity contribution in [2.24, 2.45) is 0 Å². The highest BCUT2D eigenvalue weighted by Gasteiger charge is 2.35. The molecule has 0 bridgehead atoms. The fourth-order valence-corrected chi connectivity index (χ4v) is 4.65. The van der Waals surface area contributed by atoms with Crippen molar-refractivity contribution in [1.29, 1.82) is 0 Å². The first-order chi connectivity index (χ1) is 14.4. The van der Waals surface area contributed by atoms with Gasteiger partial charge in [0.25, 0.3) is 0 Å². The van der Waals surface area contributed by atoms with Gasteiger partial charge in [-0.05, 0) is 56.0 Å². The summed E-state index contributed by atoms with van der Waals surface area (Å²) < 4.78 is 32.5. The summed E-state index contributed by atoms with van der Waals surface area (Å²) in [7, 11) is -3.39. The molecule has 2 atom stereocenters. The van der Waals surface area contributed by atoms with E-state index in [-0.39, 0.29) is 18.1 Å². The van der Waals surface area contributed by atoms with Crippen LogP contribution in [0.4, 0.5) is 4.79 Å². The van der Waals surface area contributed by atoms with Crippen LogP contribution in [0, 0.1) is 0 Å². The highest BCUT2D eigenvalue weighted by atomic mass is 32.2. The van der Waals surface area contributed by atoms with Crippen LogP contribution in [0.3, 0.4) is 0 Å². The number of likely N-dealkylation sites (tertiary alicyclic amines) is 1. The summed E-state index contributed by atoms with van der Waals surface area (Å²) in [4.78, 5) is 14.4. The third-order valence-electron chi connectivity index (χ3n) is 5.06. The van der Waals surface area contributed by atoms with Crippen LogP contribution >= 0.6 is 0 Å². The molecule has 162 valence electrons. The van der Waals surface area contributed by atoms with Crippen LogP contribution in [0.15, 0.2) is 54.6 Å². The van der Waals surface area contributed by atoms with Gasteiger partial charge in [-0.25, -0.2) is 17.9 Å². The Kier molecular flexibility index (Phi) is 7.33. The van der Waals surface area contributed by atoms with Crippen LogP contribution in [-0.2, 0) is 16.4 Å². The van der Waals surface area contributed by atoms with Crippen molar-refractivity contribution in [3.8, 4) is 11.5 Å². The predicted octanol–water partition coefficient (Wildman–Crippen LogP) is 3.13. The first kappa shape index (κ1) is 22.1. The lowest BCUT2D eigenvalue weighted by Gasteiger charge is -2.41. The fraction of sp³-hybridized carbons (Fsp3) is 0.409. The zero-order chi connectivity index (χ0) is 21.6. The van der Waals surface area contributed by atoms with Crippen molar-refractivity contribution in [2.45, 2.75) is 38.3 Å². The van der Waals surface area contributed by atoms with Crippen molar-refractivity contribution in [1.82, 2.24) is 14.9 Å². The van der Waals surface area contributed by atoms with Gasteiger partial charge in [-0.2, -0.15) is 0 Å². The maximum atomic E-state index is 12.6. The minimum atomic E-state index is -3.39. The highest BCUT2D eigenvalue weighted by molar-refractivity contribution is 7.88. The SMILES string of the molecule is CCNC(=O)N1CCC[C@H](NS(C)(=O)=O)[C@@H]1Cc1cccc(Oc2ccccc2)c1. The molecular weight excluding hydrogens is 402 g/mol. The minimum absolute atomic E-state index is 0.167. The Morgan fingerprint density at radius 1 is 1.13 bits per heavy atom. The van der Waals surface area contributed by atoms with E-state index in [1.54, 1.807) is 4.90 Å². The molecule has 1 fully saturated rings. The number of nitrogens with zero attached hydrogens (tertiary/aromatic N) is 1. The van der Waals surface area contributed by atoms with Crippen molar-refractivity contribution >= 4 is 16.1 Å². The summed E-state index contributed by atoms with van der Waals surface area (Å²) in [5, 5.41) is 2.84. The zero-order valence-electron chi connectivity index (χ0n) is 17.4. The van der Waals surface area contributed by atoms with E-state index in [4.69, 9.17) is 4.74 Å². The maximum Gasteiger partial charge on any atom is 0.317 e. The topological polar surface area (TPSA) is 87.7 Å². The second-order valence-electron chi connectivity index (χ2n) is 7.50. The molecule has 7 nitrogen and oxygen atoms in total. The van der Waals surface area contributed by atoms with Gasteiger partial charge in [0.05, 0.1) is 12.3 Å². The van der Waals surface area contributed by atoms with Gasteiger partial charge < -0.3 is 15.0 Å². The van der Waals surface area contributed by atoms with Crippen molar-refractivity contribution in [3.05, 3.63) is 60.2 Å².